The zero-order chi connectivity index (χ0) is 12.5. The van der Waals surface area contributed by atoms with Gasteiger partial charge in [0.25, 0.3) is 0 Å². The van der Waals surface area contributed by atoms with E-state index in [1.807, 2.05) is 6.92 Å². The van der Waals surface area contributed by atoms with Crippen LogP contribution in [-0.4, -0.2) is 35.1 Å². The highest BCUT2D eigenvalue weighted by molar-refractivity contribution is 5.74. The van der Waals surface area contributed by atoms with Gasteiger partial charge in [-0.15, -0.1) is 0 Å². The third-order valence-corrected chi connectivity index (χ3v) is 4.67. The van der Waals surface area contributed by atoms with Gasteiger partial charge in [0.15, 0.2) is 0 Å². The highest BCUT2D eigenvalue weighted by atomic mass is 16.4. The maximum absolute atomic E-state index is 11.3. The first-order valence-corrected chi connectivity index (χ1v) is 6.99. The molecule has 0 aromatic heterocycles. The van der Waals surface area contributed by atoms with Gasteiger partial charge in [-0.05, 0) is 45.1 Å². The van der Waals surface area contributed by atoms with Crippen molar-refractivity contribution in [2.24, 2.45) is 11.3 Å². The molecule has 2 rings (SSSR count). The molecule has 3 atom stereocenters. The van der Waals surface area contributed by atoms with Gasteiger partial charge in [0.05, 0.1) is 5.41 Å². The summed E-state index contributed by atoms with van der Waals surface area (Å²) in [6, 6.07) is 0.637. The van der Waals surface area contributed by atoms with Crippen molar-refractivity contribution in [3.05, 3.63) is 0 Å². The van der Waals surface area contributed by atoms with Crippen LogP contribution in [0.5, 0.6) is 0 Å². The van der Waals surface area contributed by atoms with Crippen LogP contribution in [0.2, 0.25) is 0 Å². The van der Waals surface area contributed by atoms with E-state index >= 15 is 0 Å². The van der Waals surface area contributed by atoms with E-state index in [4.69, 9.17) is 0 Å². The van der Waals surface area contributed by atoms with Crippen molar-refractivity contribution in [2.75, 3.05) is 13.1 Å². The van der Waals surface area contributed by atoms with E-state index in [2.05, 4.69) is 11.8 Å². The molecule has 1 saturated carbocycles. The van der Waals surface area contributed by atoms with Gasteiger partial charge in [-0.25, -0.2) is 0 Å². The van der Waals surface area contributed by atoms with Gasteiger partial charge in [0.2, 0.25) is 0 Å². The number of carbonyl (C=O) groups is 1. The van der Waals surface area contributed by atoms with Crippen molar-refractivity contribution in [2.45, 2.75) is 58.4 Å². The van der Waals surface area contributed by atoms with Crippen molar-refractivity contribution >= 4 is 5.97 Å². The van der Waals surface area contributed by atoms with Crippen LogP contribution in [0.3, 0.4) is 0 Å². The molecule has 0 aromatic rings. The monoisotopic (exact) mass is 239 g/mol. The summed E-state index contributed by atoms with van der Waals surface area (Å²) in [6.07, 6.45) is 7.05. The lowest BCUT2D eigenvalue weighted by molar-refractivity contribution is -0.152. The summed E-state index contributed by atoms with van der Waals surface area (Å²) in [6.45, 7) is 6.08. The molecule has 17 heavy (non-hydrogen) atoms. The Labute approximate surface area is 104 Å². The zero-order valence-electron chi connectivity index (χ0n) is 11.1. The summed E-state index contributed by atoms with van der Waals surface area (Å²) in [7, 11) is 0. The van der Waals surface area contributed by atoms with E-state index in [-0.39, 0.29) is 0 Å². The third-order valence-electron chi connectivity index (χ3n) is 4.67. The highest BCUT2D eigenvalue weighted by Crippen LogP contribution is 2.35. The van der Waals surface area contributed by atoms with Gasteiger partial charge in [-0.2, -0.15) is 0 Å². The number of hydrogen-bond acceptors (Lipinski definition) is 2. The molecule has 2 aliphatic rings. The molecule has 3 heteroatoms. The quantitative estimate of drug-likeness (QED) is 0.805. The van der Waals surface area contributed by atoms with E-state index in [9.17, 15) is 9.90 Å². The Kier molecular flexibility index (Phi) is 3.76. The van der Waals surface area contributed by atoms with Gasteiger partial charge in [0.1, 0.15) is 0 Å². The summed E-state index contributed by atoms with van der Waals surface area (Å²) >= 11 is 0. The molecular weight excluding hydrogens is 214 g/mol. The van der Waals surface area contributed by atoms with Crippen molar-refractivity contribution in [3.63, 3.8) is 0 Å². The lowest BCUT2D eigenvalue weighted by atomic mass is 9.79. The minimum absolute atomic E-state index is 0.515. The van der Waals surface area contributed by atoms with Crippen LogP contribution < -0.4 is 0 Å². The summed E-state index contributed by atoms with van der Waals surface area (Å²) in [4.78, 5) is 13.8. The predicted octanol–water partition coefficient (Wildman–Crippen LogP) is 2.75. The molecule has 98 valence electrons. The average molecular weight is 239 g/mol. The molecule has 1 aliphatic carbocycles. The van der Waals surface area contributed by atoms with Gasteiger partial charge in [0, 0.05) is 12.6 Å². The number of carboxylic acid groups (broad SMARTS) is 1. The van der Waals surface area contributed by atoms with E-state index < -0.39 is 11.4 Å². The van der Waals surface area contributed by atoms with Gasteiger partial charge < -0.3 is 5.11 Å². The number of hydrogen-bond donors (Lipinski definition) is 1. The number of carboxylic acids is 1. The Morgan fingerprint density at radius 2 is 2.12 bits per heavy atom. The zero-order valence-corrected chi connectivity index (χ0v) is 11.1. The van der Waals surface area contributed by atoms with E-state index in [1.54, 1.807) is 0 Å². The topological polar surface area (TPSA) is 40.5 Å². The SMILES string of the molecule is CC1CCCC(N2CCCC(C)(C(=O)O)C2)C1. The molecule has 1 N–H and O–H groups in total. The molecule has 0 amide bonds. The Morgan fingerprint density at radius 1 is 1.35 bits per heavy atom. The second kappa shape index (κ2) is 4.97. The fraction of sp³-hybridized carbons (Fsp3) is 0.929. The predicted molar refractivity (Wildman–Crippen MR) is 68.0 cm³/mol. The van der Waals surface area contributed by atoms with Crippen LogP contribution in [-0.2, 0) is 4.79 Å². The smallest absolute Gasteiger partial charge is 0.310 e. The summed E-state index contributed by atoms with van der Waals surface area (Å²) in [5.41, 5.74) is -0.515. The molecule has 3 nitrogen and oxygen atoms in total. The molecule has 1 aliphatic heterocycles. The number of aliphatic carboxylic acids is 1. The fourth-order valence-electron chi connectivity index (χ4n) is 3.50. The second-order valence-electron chi connectivity index (χ2n) is 6.37. The molecule has 0 aromatic carbocycles. The second-order valence-corrected chi connectivity index (χ2v) is 6.37. The number of likely N-dealkylation sites (tertiary alicyclic amines) is 1. The number of rotatable bonds is 2. The molecule has 0 bridgehead atoms. The Bertz CT molecular complexity index is 292. The minimum Gasteiger partial charge on any atom is -0.481 e. The number of nitrogens with zero attached hydrogens (tertiary/aromatic N) is 1. The van der Waals surface area contributed by atoms with Crippen molar-refractivity contribution in [1.29, 1.82) is 0 Å². The minimum atomic E-state index is -0.619. The Balaban J connectivity index is 1.99. The summed E-state index contributed by atoms with van der Waals surface area (Å²) < 4.78 is 0. The van der Waals surface area contributed by atoms with Crippen molar-refractivity contribution in [3.8, 4) is 0 Å². The van der Waals surface area contributed by atoms with Gasteiger partial charge in [-0.3, -0.25) is 9.69 Å². The molecular formula is C14H25NO2. The normalized spacial score (nSPS) is 40.1. The van der Waals surface area contributed by atoms with Gasteiger partial charge in [-0.1, -0.05) is 19.8 Å². The van der Waals surface area contributed by atoms with E-state index in [1.165, 1.54) is 25.7 Å². The summed E-state index contributed by atoms with van der Waals surface area (Å²) in [5, 5.41) is 9.34. The van der Waals surface area contributed by atoms with Crippen LogP contribution in [0.25, 0.3) is 0 Å². The fourth-order valence-corrected chi connectivity index (χ4v) is 3.50. The average Bonchev–Trinajstić information content (AvgIpc) is 2.29. The first kappa shape index (κ1) is 12.9. The largest absolute Gasteiger partial charge is 0.481 e. The number of piperidine rings is 1. The van der Waals surface area contributed by atoms with Crippen LogP contribution in [0.4, 0.5) is 0 Å². The maximum atomic E-state index is 11.3. The maximum Gasteiger partial charge on any atom is 0.310 e. The first-order valence-electron chi connectivity index (χ1n) is 6.99. The molecule has 0 spiro atoms. The molecule has 1 saturated heterocycles. The van der Waals surface area contributed by atoms with Crippen LogP contribution >= 0.6 is 0 Å². The van der Waals surface area contributed by atoms with Crippen LogP contribution in [0.1, 0.15) is 52.4 Å². The van der Waals surface area contributed by atoms with Crippen molar-refractivity contribution < 1.29 is 9.90 Å². The third kappa shape index (κ3) is 2.82. The molecule has 3 unspecified atom stereocenters. The van der Waals surface area contributed by atoms with E-state index in [0.29, 0.717) is 6.04 Å². The van der Waals surface area contributed by atoms with Gasteiger partial charge >= 0.3 is 5.97 Å². The van der Waals surface area contributed by atoms with Crippen LogP contribution in [0, 0.1) is 11.3 Å². The standard InChI is InChI=1S/C14H25NO2/c1-11-5-3-6-12(9-11)15-8-4-7-14(2,10-15)13(16)17/h11-12H,3-10H2,1-2H3,(H,16,17). The molecule has 2 fully saturated rings. The lowest BCUT2D eigenvalue weighted by Gasteiger charge is -2.44. The van der Waals surface area contributed by atoms with E-state index in [0.717, 1.165) is 31.8 Å². The Hall–Kier alpha value is -0.570. The Morgan fingerprint density at radius 3 is 2.76 bits per heavy atom. The van der Waals surface area contributed by atoms with Crippen LogP contribution in [0.15, 0.2) is 0 Å². The van der Waals surface area contributed by atoms with Crippen molar-refractivity contribution in [1.82, 2.24) is 4.90 Å². The summed E-state index contributed by atoms with van der Waals surface area (Å²) in [5.74, 6) is 0.192. The highest BCUT2D eigenvalue weighted by Gasteiger charge is 2.40. The lowest BCUT2D eigenvalue weighted by Crippen LogP contribution is -2.50. The molecule has 1 heterocycles. The molecule has 0 radical (unpaired) electrons. The first-order chi connectivity index (χ1) is 8.01.